The summed E-state index contributed by atoms with van der Waals surface area (Å²) in [5, 5.41) is 0. The Balaban J connectivity index is 3.35. The van der Waals surface area contributed by atoms with Crippen LogP contribution in [0, 0.1) is 13.8 Å². The maximum absolute atomic E-state index is 13.0. The first kappa shape index (κ1) is 17.9. The summed E-state index contributed by atoms with van der Waals surface area (Å²) >= 11 is 0. The fourth-order valence-electron chi connectivity index (χ4n) is 2.21. The number of nitrogens with two attached hydrogens (primary N) is 1. The van der Waals surface area contributed by atoms with Crippen molar-refractivity contribution in [2.45, 2.75) is 45.1 Å². The average Bonchev–Trinajstić information content (AvgIpc) is 2.42. The lowest BCUT2D eigenvalue weighted by atomic mass is 10.1. The first-order chi connectivity index (χ1) is 9.75. The van der Waals surface area contributed by atoms with Gasteiger partial charge in [-0.25, -0.2) is 8.42 Å². The molecule has 0 aliphatic rings. The van der Waals surface area contributed by atoms with E-state index in [1.165, 1.54) is 4.31 Å². The van der Waals surface area contributed by atoms with Crippen molar-refractivity contribution in [1.29, 1.82) is 0 Å². The zero-order valence-electron chi connectivity index (χ0n) is 13.5. The van der Waals surface area contributed by atoms with E-state index in [4.69, 9.17) is 10.5 Å². The monoisotopic (exact) mass is 314 g/mol. The van der Waals surface area contributed by atoms with Gasteiger partial charge in [0.1, 0.15) is 0 Å². The van der Waals surface area contributed by atoms with Crippen molar-refractivity contribution < 1.29 is 13.2 Å². The molecule has 0 amide bonds. The van der Waals surface area contributed by atoms with Crippen LogP contribution < -0.4 is 5.73 Å². The molecule has 1 aromatic carbocycles. The predicted molar refractivity (Wildman–Crippen MR) is 85.8 cm³/mol. The summed E-state index contributed by atoms with van der Waals surface area (Å²) in [6.07, 6.45) is 0.739. The van der Waals surface area contributed by atoms with E-state index in [0.29, 0.717) is 24.4 Å². The SMILES string of the molecule is CCC(C)N(CCOC)S(=O)(=O)c1cc(C)cc(N)c1C. The normalized spacial score (nSPS) is 13.6. The molecular weight excluding hydrogens is 288 g/mol. The minimum absolute atomic E-state index is 0.0914. The molecule has 0 aromatic heterocycles. The summed E-state index contributed by atoms with van der Waals surface area (Å²) in [5.41, 5.74) is 7.87. The second-order valence-corrected chi connectivity index (χ2v) is 7.20. The number of rotatable bonds is 7. The number of ether oxygens (including phenoxy) is 1. The molecule has 1 atom stereocenters. The van der Waals surface area contributed by atoms with E-state index >= 15 is 0 Å². The fourth-order valence-corrected chi connectivity index (χ4v) is 4.24. The Labute approximate surface area is 128 Å². The summed E-state index contributed by atoms with van der Waals surface area (Å²) in [6, 6.07) is 3.38. The van der Waals surface area contributed by atoms with Crippen LogP contribution in [0.4, 0.5) is 5.69 Å². The molecule has 0 aliphatic carbocycles. The highest BCUT2D eigenvalue weighted by Crippen LogP contribution is 2.27. The Hall–Kier alpha value is -1.11. The smallest absolute Gasteiger partial charge is 0.243 e. The summed E-state index contributed by atoms with van der Waals surface area (Å²) in [5.74, 6) is 0. The summed E-state index contributed by atoms with van der Waals surface area (Å²) in [7, 11) is -2.02. The molecule has 0 heterocycles. The first-order valence-electron chi connectivity index (χ1n) is 7.13. The number of methoxy groups -OCH3 is 1. The Morgan fingerprint density at radius 2 is 1.95 bits per heavy atom. The average molecular weight is 314 g/mol. The van der Waals surface area contributed by atoms with Gasteiger partial charge < -0.3 is 10.5 Å². The molecule has 0 spiro atoms. The van der Waals surface area contributed by atoms with Gasteiger partial charge in [0.15, 0.2) is 0 Å². The van der Waals surface area contributed by atoms with Crippen molar-refractivity contribution >= 4 is 15.7 Å². The lowest BCUT2D eigenvalue weighted by Gasteiger charge is -2.28. The Kier molecular flexibility index (Phi) is 6.19. The lowest BCUT2D eigenvalue weighted by Crippen LogP contribution is -2.40. The van der Waals surface area contributed by atoms with Gasteiger partial charge in [-0.15, -0.1) is 0 Å². The molecule has 0 bridgehead atoms. The Morgan fingerprint density at radius 1 is 1.33 bits per heavy atom. The van der Waals surface area contributed by atoms with E-state index in [1.54, 1.807) is 26.2 Å². The van der Waals surface area contributed by atoms with Crippen LogP contribution in [0.25, 0.3) is 0 Å². The number of nitrogens with zero attached hydrogens (tertiary/aromatic N) is 1. The maximum atomic E-state index is 13.0. The van der Waals surface area contributed by atoms with Crippen LogP contribution in [0.3, 0.4) is 0 Å². The van der Waals surface area contributed by atoms with Gasteiger partial charge in [-0.3, -0.25) is 0 Å². The van der Waals surface area contributed by atoms with Crippen molar-refractivity contribution in [2.24, 2.45) is 0 Å². The molecule has 0 aliphatic heterocycles. The molecule has 2 N–H and O–H groups in total. The number of aryl methyl sites for hydroxylation is 1. The summed E-state index contributed by atoms with van der Waals surface area (Å²) < 4.78 is 32.5. The molecular formula is C15H26N2O3S. The molecule has 1 aromatic rings. The topological polar surface area (TPSA) is 72.6 Å². The Bertz CT molecular complexity index is 585. The zero-order chi connectivity index (χ0) is 16.2. The zero-order valence-corrected chi connectivity index (χ0v) is 14.3. The van der Waals surface area contributed by atoms with Gasteiger partial charge in [0.05, 0.1) is 11.5 Å². The number of sulfonamides is 1. The molecule has 5 nitrogen and oxygen atoms in total. The van der Waals surface area contributed by atoms with Crippen LogP contribution >= 0.6 is 0 Å². The van der Waals surface area contributed by atoms with Gasteiger partial charge in [0.2, 0.25) is 10.0 Å². The molecule has 0 saturated heterocycles. The van der Waals surface area contributed by atoms with Crippen molar-refractivity contribution in [3.8, 4) is 0 Å². The highest BCUT2D eigenvalue weighted by molar-refractivity contribution is 7.89. The van der Waals surface area contributed by atoms with Crippen LogP contribution in [0.2, 0.25) is 0 Å². The van der Waals surface area contributed by atoms with Crippen LogP contribution in [-0.2, 0) is 14.8 Å². The first-order valence-corrected chi connectivity index (χ1v) is 8.57. The van der Waals surface area contributed by atoms with Crippen molar-refractivity contribution in [3.05, 3.63) is 23.3 Å². The largest absolute Gasteiger partial charge is 0.398 e. The number of hydrogen-bond acceptors (Lipinski definition) is 4. The lowest BCUT2D eigenvalue weighted by molar-refractivity contribution is 0.167. The van der Waals surface area contributed by atoms with Gasteiger partial charge in [0.25, 0.3) is 0 Å². The molecule has 1 rings (SSSR count). The van der Waals surface area contributed by atoms with E-state index < -0.39 is 10.0 Å². The summed E-state index contributed by atoms with van der Waals surface area (Å²) in [6.45, 7) is 8.16. The predicted octanol–water partition coefficient (Wildman–Crippen LogP) is 2.32. The van der Waals surface area contributed by atoms with E-state index in [-0.39, 0.29) is 10.9 Å². The molecule has 120 valence electrons. The summed E-state index contributed by atoms with van der Waals surface area (Å²) in [4.78, 5) is 0.288. The van der Waals surface area contributed by atoms with Crippen molar-refractivity contribution in [3.63, 3.8) is 0 Å². The fraction of sp³-hybridized carbons (Fsp3) is 0.600. The van der Waals surface area contributed by atoms with Gasteiger partial charge in [-0.05, 0) is 50.5 Å². The Morgan fingerprint density at radius 3 is 2.48 bits per heavy atom. The van der Waals surface area contributed by atoms with Crippen molar-refractivity contribution in [1.82, 2.24) is 4.31 Å². The van der Waals surface area contributed by atoms with E-state index in [2.05, 4.69) is 0 Å². The number of anilines is 1. The third-order valence-corrected chi connectivity index (χ3v) is 5.87. The van der Waals surface area contributed by atoms with Gasteiger partial charge in [0, 0.05) is 25.4 Å². The third kappa shape index (κ3) is 3.96. The van der Waals surface area contributed by atoms with Crippen LogP contribution in [0.1, 0.15) is 31.4 Å². The van der Waals surface area contributed by atoms with E-state index in [1.807, 2.05) is 20.8 Å². The quantitative estimate of drug-likeness (QED) is 0.784. The second kappa shape index (κ2) is 7.24. The second-order valence-electron chi connectivity index (χ2n) is 5.34. The highest BCUT2D eigenvalue weighted by Gasteiger charge is 2.30. The van der Waals surface area contributed by atoms with Crippen LogP contribution in [-0.4, -0.2) is 39.0 Å². The number of hydrogen-bond donors (Lipinski definition) is 1. The van der Waals surface area contributed by atoms with Gasteiger partial charge in [-0.2, -0.15) is 4.31 Å². The standard InChI is InChI=1S/C15H26N2O3S/c1-6-12(3)17(7-8-20-5)21(18,19)15-10-11(2)9-14(16)13(15)4/h9-10,12H,6-8,16H2,1-5H3. The maximum Gasteiger partial charge on any atom is 0.243 e. The molecule has 0 fully saturated rings. The minimum Gasteiger partial charge on any atom is -0.398 e. The minimum atomic E-state index is -3.59. The van der Waals surface area contributed by atoms with E-state index in [9.17, 15) is 8.42 Å². The number of nitrogen functional groups attached to an aromatic ring is 1. The van der Waals surface area contributed by atoms with Crippen LogP contribution in [0.15, 0.2) is 17.0 Å². The molecule has 21 heavy (non-hydrogen) atoms. The van der Waals surface area contributed by atoms with E-state index in [0.717, 1.165) is 12.0 Å². The molecule has 6 heteroatoms. The number of benzene rings is 1. The molecule has 0 radical (unpaired) electrons. The van der Waals surface area contributed by atoms with Gasteiger partial charge >= 0.3 is 0 Å². The van der Waals surface area contributed by atoms with Crippen LogP contribution in [0.5, 0.6) is 0 Å². The third-order valence-electron chi connectivity index (χ3n) is 3.73. The van der Waals surface area contributed by atoms with Crippen molar-refractivity contribution in [2.75, 3.05) is 26.0 Å². The van der Waals surface area contributed by atoms with Gasteiger partial charge in [-0.1, -0.05) is 6.92 Å². The molecule has 1 unspecified atom stereocenters. The molecule has 0 saturated carbocycles. The highest BCUT2D eigenvalue weighted by atomic mass is 32.2.